The van der Waals surface area contributed by atoms with Crippen molar-refractivity contribution in [2.75, 3.05) is 85.8 Å². The van der Waals surface area contributed by atoms with Crippen molar-refractivity contribution >= 4 is 0 Å². The van der Waals surface area contributed by atoms with Crippen molar-refractivity contribution in [3.8, 4) is 0 Å². The molecular formula is C20H43NO6. The number of nitrogens with two attached hydrogens (primary N) is 1. The van der Waals surface area contributed by atoms with Gasteiger partial charge < -0.3 is 34.2 Å². The second-order valence-corrected chi connectivity index (χ2v) is 6.23. The summed E-state index contributed by atoms with van der Waals surface area (Å²) in [5, 5.41) is 0. The topological polar surface area (TPSA) is 81.4 Å². The van der Waals surface area contributed by atoms with Crippen LogP contribution in [0.2, 0.25) is 0 Å². The lowest BCUT2D eigenvalue weighted by Gasteiger charge is -2.08. The Bertz CT molecular complexity index is 235. The average Bonchev–Trinajstić information content (AvgIpc) is 2.68. The van der Waals surface area contributed by atoms with E-state index in [9.17, 15) is 0 Å². The van der Waals surface area contributed by atoms with Gasteiger partial charge in [0, 0.05) is 13.2 Å². The minimum atomic E-state index is 0.543. The highest BCUT2D eigenvalue weighted by Gasteiger charge is 1.94. The molecule has 0 aliphatic rings. The van der Waals surface area contributed by atoms with Gasteiger partial charge in [-0.1, -0.05) is 39.0 Å². The van der Waals surface area contributed by atoms with Gasteiger partial charge in [0.1, 0.15) is 0 Å². The summed E-state index contributed by atoms with van der Waals surface area (Å²) >= 11 is 0. The summed E-state index contributed by atoms with van der Waals surface area (Å²) in [5.74, 6) is 0. The molecule has 0 radical (unpaired) electrons. The molecule has 0 aromatic carbocycles. The molecule has 0 saturated heterocycles. The van der Waals surface area contributed by atoms with Gasteiger partial charge in [0.15, 0.2) is 0 Å². The first-order valence-electron chi connectivity index (χ1n) is 10.6. The highest BCUT2D eigenvalue weighted by Crippen LogP contribution is 2.04. The predicted octanol–water partition coefficient (Wildman–Crippen LogP) is 2.41. The lowest BCUT2D eigenvalue weighted by atomic mass is 10.1. The second kappa shape index (κ2) is 25.7. The van der Waals surface area contributed by atoms with Crippen LogP contribution in [0.25, 0.3) is 0 Å². The standard InChI is InChI=1S/C20H43NO6/c1-2-3-4-5-6-7-9-22-11-13-24-15-17-26-19-20-27-18-16-25-14-12-23-10-8-21/h2-21H2,1H3. The van der Waals surface area contributed by atoms with E-state index in [-0.39, 0.29) is 0 Å². The molecule has 0 atom stereocenters. The molecule has 27 heavy (non-hydrogen) atoms. The van der Waals surface area contributed by atoms with Crippen LogP contribution in [0.1, 0.15) is 45.4 Å². The normalized spacial score (nSPS) is 11.3. The highest BCUT2D eigenvalue weighted by molar-refractivity contribution is 4.43. The Morgan fingerprint density at radius 3 is 1.15 bits per heavy atom. The third kappa shape index (κ3) is 25.7. The average molecular weight is 394 g/mol. The van der Waals surface area contributed by atoms with Crippen molar-refractivity contribution in [3.63, 3.8) is 0 Å². The number of rotatable bonds is 24. The Morgan fingerprint density at radius 2 is 0.741 bits per heavy atom. The summed E-state index contributed by atoms with van der Waals surface area (Å²) in [6, 6.07) is 0. The Morgan fingerprint density at radius 1 is 0.407 bits per heavy atom. The Hall–Kier alpha value is -0.280. The fraction of sp³-hybridized carbons (Fsp3) is 1.00. The molecule has 0 unspecified atom stereocenters. The Kier molecular flexibility index (Phi) is 25.5. The molecule has 0 aromatic rings. The van der Waals surface area contributed by atoms with Crippen molar-refractivity contribution < 1.29 is 28.4 Å². The SMILES string of the molecule is CCCCCCCCOCCOCCOCCOCCOCCOCCN. The van der Waals surface area contributed by atoms with E-state index >= 15 is 0 Å². The summed E-state index contributed by atoms with van der Waals surface area (Å²) in [7, 11) is 0. The number of ether oxygens (including phenoxy) is 6. The van der Waals surface area contributed by atoms with E-state index in [0.717, 1.165) is 13.0 Å². The summed E-state index contributed by atoms with van der Waals surface area (Å²) in [5.41, 5.74) is 5.31. The Labute approximate surface area is 166 Å². The molecule has 0 rings (SSSR count). The largest absolute Gasteiger partial charge is 0.379 e. The van der Waals surface area contributed by atoms with E-state index in [1.54, 1.807) is 0 Å². The fourth-order valence-electron chi connectivity index (χ4n) is 2.27. The molecule has 0 amide bonds. The predicted molar refractivity (Wildman–Crippen MR) is 107 cm³/mol. The van der Waals surface area contributed by atoms with Gasteiger partial charge in [-0.2, -0.15) is 0 Å². The van der Waals surface area contributed by atoms with E-state index < -0.39 is 0 Å². The monoisotopic (exact) mass is 393 g/mol. The van der Waals surface area contributed by atoms with Crippen LogP contribution in [0.3, 0.4) is 0 Å². The fourth-order valence-corrected chi connectivity index (χ4v) is 2.27. The highest BCUT2D eigenvalue weighted by atomic mass is 16.6. The maximum absolute atomic E-state index is 5.55. The van der Waals surface area contributed by atoms with Gasteiger partial charge in [0.25, 0.3) is 0 Å². The summed E-state index contributed by atoms with van der Waals surface area (Å²) in [4.78, 5) is 0. The van der Waals surface area contributed by atoms with Crippen LogP contribution in [0.15, 0.2) is 0 Å². The zero-order chi connectivity index (χ0) is 19.7. The van der Waals surface area contributed by atoms with Gasteiger partial charge in [-0.05, 0) is 6.42 Å². The van der Waals surface area contributed by atoms with Gasteiger partial charge in [-0.3, -0.25) is 0 Å². The van der Waals surface area contributed by atoms with Gasteiger partial charge in [-0.25, -0.2) is 0 Å². The Balaban J connectivity index is 2.95. The first-order valence-corrected chi connectivity index (χ1v) is 10.6. The van der Waals surface area contributed by atoms with Crippen molar-refractivity contribution in [1.29, 1.82) is 0 Å². The molecule has 0 aliphatic carbocycles. The lowest BCUT2D eigenvalue weighted by molar-refractivity contribution is -0.0165. The van der Waals surface area contributed by atoms with Crippen molar-refractivity contribution in [2.24, 2.45) is 5.73 Å². The van der Waals surface area contributed by atoms with Crippen LogP contribution in [-0.2, 0) is 28.4 Å². The third-order valence-electron chi connectivity index (χ3n) is 3.76. The second-order valence-electron chi connectivity index (χ2n) is 6.23. The maximum Gasteiger partial charge on any atom is 0.0701 e. The molecule has 0 aromatic heterocycles. The van der Waals surface area contributed by atoms with Gasteiger partial charge in [-0.15, -0.1) is 0 Å². The van der Waals surface area contributed by atoms with E-state index in [2.05, 4.69) is 6.92 Å². The minimum absolute atomic E-state index is 0.543. The molecule has 0 heterocycles. The molecule has 7 nitrogen and oxygen atoms in total. The molecule has 164 valence electrons. The molecule has 7 heteroatoms. The van der Waals surface area contributed by atoms with Gasteiger partial charge in [0.2, 0.25) is 0 Å². The molecule has 0 bridgehead atoms. The lowest BCUT2D eigenvalue weighted by Crippen LogP contribution is -2.15. The minimum Gasteiger partial charge on any atom is -0.379 e. The summed E-state index contributed by atoms with van der Waals surface area (Å²) < 4.78 is 32.4. The van der Waals surface area contributed by atoms with Gasteiger partial charge in [0.05, 0.1) is 72.7 Å². The summed E-state index contributed by atoms with van der Waals surface area (Å²) in [6.45, 7) is 10.1. The third-order valence-corrected chi connectivity index (χ3v) is 3.76. The molecule has 2 N–H and O–H groups in total. The van der Waals surface area contributed by atoms with Crippen LogP contribution in [0.5, 0.6) is 0 Å². The zero-order valence-electron chi connectivity index (χ0n) is 17.5. The molecule has 0 saturated carbocycles. The summed E-state index contributed by atoms with van der Waals surface area (Å²) in [6.07, 6.45) is 7.75. The molecular weight excluding hydrogens is 350 g/mol. The maximum atomic E-state index is 5.55. The first-order chi connectivity index (χ1) is 13.4. The van der Waals surface area contributed by atoms with E-state index in [0.29, 0.717) is 79.2 Å². The number of hydrogen-bond donors (Lipinski definition) is 1. The van der Waals surface area contributed by atoms with Crippen LogP contribution < -0.4 is 5.73 Å². The smallest absolute Gasteiger partial charge is 0.0701 e. The first kappa shape index (κ1) is 26.7. The zero-order valence-corrected chi connectivity index (χ0v) is 17.5. The van der Waals surface area contributed by atoms with Crippen LogP contribution in [-0.4, -0.2) is 85.8 Å². The quantitative estimate of drug-likeness (QED) is 0.252. The van der Waals surface area contributed by atoms with Crippen molar-refractivity contribution in [2.45, 2.75) is 45.4 Å². The molecule has 0 fully saturated rings. The van der Waals surface area contributed by atoms with Crippen molar-refractivity contribution in [3.05, 3.63) is 0 Å². The van der Waals surface area contributed by atoms with Crippen LogP contribution in [0, 0.1) is 0 Å². The van der Waals surface area contributed by atoms with Crippen molar-refractivity contribution in [1.82, 2.24) is 0 Å². The van der Waals surface area contributed by atoms with Crippen LogP contribution >= 0.6 is 0 Å². The number of hydrogen-bond acceptors (Lipinski definition) is 7. The van der Waals surface area contributed by atoms with E-state index in [1.165, 1.54) is 32.1 Å². The molecule has 0 aliphatic heterocycles. The number of unbranched alkanes of at least 4 members (excludes halogenated alkanes) is 5. The molecule has 0 spiro atoms. The van der Waals surface area contributed by atoms with Gasteiger partial charge >= 0.3 is 0 Å². The van der Waals surface area contributed by atoms with Crippen LogP contribution in [0.4, 0.5) is 0 Å². The van der Waals surface area contributed by atoms with E-state index in [1.807, 2.05) is 0 Å². The van der Waals surface area contributed by atoms with E-state index in [4.69, 9.17) is 34.2 Å².